The van der Waals surface area contributed by atoms with Crippen LogP contribution >= 0.6 is 0 Å². The Morgan fingerprint density at radius 3 is 2.75 bits per heavy atom. The van der Waals surface area contributed by atoms with Crippen LogP contribution in [0.3, 0.4) is 0 Å². The zero-order valence-corrected chi connectivity index (χ0v) is 11.4. The van der Waals surface area contributed by atoms with Crippen molar-refractivity contribution in [2.45, 2.75) is 13.5 Å². The van der Waals surface area contributed by atoms with Gasteiger partial charge in [-0.25, -0.2) is 9.18 Å². The topological polar surface area (TPSA) is 38.3 Å². The van der Waals surface area contributed by atoms with E-state index in [1.54, 1.807) is 24.3 Å². The molecule has 1 N–H and O–H groups in total. The van der Waals surface area contributed by atoms with Gasteiger partial charge in [0.2, 0.25) is 0 Å². The Morgan fingerprint density at radius 1 is 1.25 bits per heavy atom. The third-order valence-corrected chi connectivity index (χ3v) is 3.01. The molecule has 0 aliphatic rings. The molecule has 0 spiro atoms. The molecule has 3 nitrogen and oxygen atoms in total. The minimum absolute atomic E-state index is 0.314. The predicted octanol–water partition coefficient (Wildman–Crippen LogP) is 3.53. The van der Waals surface area contributed by atoms with Gasteiger partial charge in [0.05, 0.1) is 18.4 Å². The van der Waals surface area contributed by atoms with Crippen molar-refractivity contribution in [1.82, 2.24) is 0 Å². The van der Waals surface area contributed by atoms with Gasteiger partial charge in [0, 0.05) is 6.54 Å². The predicted molar refractivity (Wildman–Crippen MR) is 76.2 cm³/mol. The molecule has 0 aromatic heterocycles. The van der Waals surface area contributed by atoms with E-state index in [9.17, 15) is 9.18 Å². The van der Waals surface area contributed by atoms with Crippen LogP contribution in [0.25, 0.3) is 0 Å². The summed E-state index contributed by atoms with van der Waals surface area (Å²) >= 11 is 0. The van der Waals surface area contributed by atoms with Gasteiger partial charge in [-0.2, -0.15) is 0 Å². The van der Waals surface area contributed by atoms with E-state index in [1.165, 1.54) is 13.2 Å². The summed E-state index contributed by atoms with van der Waals surface area (Å²) in [6, 6.07) is 12.0. The molecule has 0 aliphatic heterocycles. The number of benzene rings is 2. The molecule has 20 heavy (non-hydrogen) atoms. The van der Waals surface area contributed by atoms with Gasteiger partial charge in [-0.3, -0.25) is 0 Å². The smallest absolute Gasteiger partial charge is 0.338 e. The van der Waals surface area contributed by atoms with Gasteiger partial charge >= 0.3 is 5.97 Å². The summed E-state index contributed by atoms with van der Waals surface area (Å²) in [7, 11) is 1.34. The number of carbonyl (C=O) groups excluding carboxylic acids is 1. The lowest BCUT2D eigenvalue weighted by atomic mass is 10.1. The summed E-state index contributed by atoms with van der Waals surface area (Å²) in [6.45, 7) is 2.25. The molecule has 2 rings (SSSR count). The van der Waals surface area contributed by atoms with Crippen molar-refractivity contribution in [3.05, 3.63) is 65.0 Å². The van der Waals surface area contributed by atoms with Gasteiger partial charge < -0.3 is 10.1 Å². The molecule has 104 valence electrons. The number of hydrogen-bond donors (Lipinski definition) is 1. The van der Waals surface area contributed by atoms with E-state index in [0.717, 1.165) is 11.1 Å². The first-order chi connectivity index (χ1) is 9.61. The van der Waals surface area contributed by atoms with Crippen molar-refractivity contribution in [2.24, 2.45) is 0 Å². The Balaban J connectivity index is 2.19. The Morgan fingerprint density at radius 2 is 2.00 bits per heavy atom. The monoisotopic (exact) mass is 273 g/mol. The summed E-state index contributed by atoms with van der Waals surface area (Å²) in [6.07, 6.45) is 0. The Labute approximate surface area is 117 Å². The SMILES string of the molecule is COC(=O)c1ccccc1CNc1cc(C)ccc1F. The molecule has 0 radical (unpaired) electrons. The van der Waals surface area contributed by atoms with Crippen molar-refractivity contribution < 1.29 is 13.9 Å². The van der Waals surface area contributed by atoms with Crippen molar-refractivity contribution in [1.29, 1.82) is 0 Å². The lowest BCUT2D eigenvalue weighted by Gasteiger charge is -2.11. The second-order valence-electron chi connectivity index (χ2n) is 4.49. The number of carbonyl (C=O) groups is 1. The molecule has 0 saturated carbocycles. The maximum Gasteiger partial charge on any atom is 0.338 e. The van der Waals surface area contributed by atoms with Crippen LogP contribution in [0, 0.1) is 12.7 Å². The maximum atomic E-state index is 13.6. The number of aryl methyl sites for hydroxylation is 1. The highest BCUT2D eigenvalue weighted by atomic mass is 19.1. The van der Waals surface area contributed by atoms with E-state index in [2.05, 4.69) is 5.32 Å². The standard InChI is InChI=1S/C16H16FNO2/c1-11-7-8-14(17)15(9-11)18-10-12-5-3-4-6-13(12)16(19)20-2/h3-9,18H,10H2,1-2H3. The molecule has 0 unspecified atom stereocenters. The van der Waals surface area contributed by atoms with E-state index >= 15 is 0 Å². The Hall–Kier alpha value is -2.36. The Bertz CT molecular complexity index is 626. The van der Waals surface area contributed by atoms with Gasteiger partial charge in [0.1, 0.15) is 5.82 Å². The third-order valence-electron chi connectivity index (χ3n) is 3.01. The molecular formula is C16H16FNO2. The molecule has 0 heterocycles. The molecule has 0 amide bonds. The molecule has 2 aromatic carbocycles. The highest BCUT2D eigenvalue weighted by molar-refractivity contribution is 5.91. The van der Waals surface area contributed by atoms with Crippen molar-refractivity contribution in [3.8, 4) is 0 Å². The largest absolute Gasteiger partial charge is 0.465 e. The number of methoxy groups -OCH3 is 1. The van der Waals surface area contributed by atoms with Crippen molar-refractivity contribution in [2.75, 3.05) is 12.4 Å². The lowest BCUT2D eigenvalue weighted by molar-refractivity contribution is 0.0599. The zero-order chi connectivity index (χ0) is 14.5. The molecular weight excluding hydrogens is 257 g/mol. The van der Waals surface area contributed by atoms with Crippen LogP contribution in [0.4, 0.5) is 10.1 Å². The van der Waals surface area contributed by atoms with Gasteiger partial charge in [0.25, 0.3) is 0 Å². The highest BCUT2D eigenvalue weighted by Crippen LogP contribution is 2.18. The van der Waals surface area contributed by atoms with E-state index < -0.39 is 5.97 Å². The molecule has 4 heteroatoms. The van der Waals surface area contributed by atoms with Crippen LogP contribution in [-0.2, 0) is 11.3 Å². The van der Waals surface area contributed by atoms with E-state index in [4.69, 9.17) is 4.74 Å². The molecule has 0 atom stereocenters. The van der Waals surface area contributed by atoms with Crippen LogP contribution in [0.15, 0.2) is 42.5 Å². The summed E-state index contributed by atoms with van der Waals surface area (Å²) in [5.41, 5.74) is 2.63. The summed E-state index contributed by atoms with van der Waals surface area (Å²) in [5.74, 6) is -0.710. The highest BCUT2D eigenvalue weighted by Gasteiger charge is 2.11. The van der Waals surface area contributed by atoms with Crippen LogP contribution in [0.5, 0.6) is 0 Å². The molecule has 0 fully saturated rings. The number of anilines is 1. The summed E-state index contributed by atoms with van der Waals surface area (Å²) in [5, 5.41) is 3.01. The fourth-order valence-electron chi connectivity index (χ4n) is 1.95. The van der Waals surface area contributed by atoms with Crippen LogP contribution in [0.2, 0.25) is 0 Å². The summed E-state index contributed by atoms with van der Waals surface area (Å²) in [4.78, 5) is 11.6. The molecule has 2 aromatic rings. The minimum Gasteiger partial charge on any atom is -0.465 e. The molecule has 0 bridgehead atoms. The number of rotatable bonds is 4. The van der Waals surface area contributed by atoms with Gasteiger partial charge in [-0.05, 0) is 36.2 Å². The van der Waals surface area contributed by atoms with Crippen LogP contribution in [0.1, 0.15) is 21.5 Å². The van der Waals surface area contributed by atoms with Gasteiger partial charge in [-0.1, -0.05) is 24.3 Å². The average Bonchev–Trinajstić information content (AvgIpc) is 2.47. The summed E-state index contributed by atoms with van der Waals surface area (Å²) < 4.78 is 18.4. The first kappa shape index (κ1) is 14.1. The first-order valence-electron chi connectivity index (χ1n) is 6.28. The third kappa shape index (κ3) is 3.15. The fraction of sp³-hybridized carbons (Fsp3) is 0.188. The molecule has 0 aliphatic carbocycles. The maximum absolute atomic E-state index is 13.6. The number of nitrogens with one attached hydrogen (secondary N) is 1. The second kappa shape index (κ2) is 6.19. The quantitative estimate of drug-likeness (QED) is 0.866. The zero-order valence-electron chi connectivity index (χ0n) is 11.4. The van der Waals surface area contributed by atoms with E-state index in [1.807, 2.05) is 19.1 Å². The van der Waals surface area contributed by atoms with Crippen LogP contribution < -0.4 is 5.32 Å². The van der Waals surface area contributed by atoms with E-state index in [-0.39, 0.29) is 5.82 Å². The second-order valence-corrected chi connectivity index (χ2v) is 4.49. The Kier molecular flexibility index (Phi) is 4.35. The fourth-order valence-corrected chi connectivity index (χ4v) is 1.95. The minimum atomic E-state index is -0.396. The average molecular weight is 273 g/mol. The van der Waals surface area contributed by atoms with Crippen molar-refractivity contribution >= 4 is 11.7 Å². The van der Waals surface area contributed by atoms with Gasteiger partial charge in [-0.15, -0.1) is 0 Å². The number of esters is 1. The van der Waals surface area contributed by atoms with Crippen molar-refractivity contribution in [3.63, 3.8) is 0 Å². The molecule has 0 saturated heterocycles. The normalized spacial score (nSPS) is 10.2. The number of hydrogen-bond acceptors (Lipinski definition) is 3. The van der Waals surface area contributed by atoms with Gasteiger partial charge in [0.15, 0.2) is 0 Å². The first-order valence-corrected chi connectivity index (χ1v) is 6.28. The van der Waals surface area contributed by atoms with Crippen LogP contribution in [-0.4, -0.2) is 13.1 Å². The van der Waals surface area contributed by atoms with E-state index in [0.29, 0.717) is 17.8 Å². The number of ether oxygens (including phenoxy) is 1. The lowest BCUT2D eigenvalue weighted by Crippen LogP contribution is -2.09. The number of halogens is 1.